The average Bonchev–Trinajstić information content (AvgIpc) is 3.13. The molecule has 3 rings (SSSR count). The summed E-state index contributed by atoms with van der Waals surface area (Å²) in [5.41, 5.74) is 0.637. The standard InChI is InChI=1S/C20H19N3O5S/c1-2-28-20(25)14-10-13(11-15(12-14)23(26)27)19(24)21-9-5-8-18-22-16-6-3-4-7-17(16)29-18/h3-4,6-7,10-12H,2,5,8-9H2,1H3,(H,21,24). The maximum Gasteiger partial charge on any atom is 0.338 e. The molecule has 0 atom stereocenters. The quantitative estimate of drug-likeness (QED) is 0.261. The lowest BCUT2D eigenvalue weighted by atomic mass is 10.1. The maximum absolute atomic E-state index is 12.4. The van der Waals surface area contributed by atoms with Crippen molar-refractivity contribution >= 4 is 39.1 Å². The number of fused-ring (bicyclic) bond motifs is 1. The molecule has 1 aromatic heterocycles. The van der Waals surface area contributed by atoms with Crippen LogP contribution in [0.15, 0.2) is 42.5 Å². The van der Waals surface area contributed by atoms with Gasteiger partial charge < -0.3 is 10.1 Å². The van der Waals surface area contributed by atoms with E-state index in [-0.39, 0.29) is 23.4 Å². The summed E-state index contributed by atoms with van der Waals surface area (Å²) in [4.78, 5) is 39.3. The van der Waals surface area contributed by atoms with E-state index in [0.29, 0.717) is 19.4 Å². The largest absolute Gasteiger partial charge is 0.462 e. The molecule has 0 fully saturated rings. The number of carbonyl (C=O) groups excluding carboxylic acids is 2. The van der Waals surface area contributed by atoms with Crippen molar-refractivity contribution < 1.29 is 19.2 Å². The number of carbonyl (C=O) groups is 2. The minimum Gasteiger partial charge on any atom is -0.462 e. The summed E-state index contributed by atoms with van der Waals surface area (Å²) in [6.45, 7) is 2.15. The summed E-state index contributed by atoms with van der Waals surface area (Å²) >= 11 is 1.62. The van der Waals surface area contributed by atoms with E-state index in [0.717, 1.165) is 27.4 Å². The Labute approximate surface area is 170 Å². The zero-order chi connectivity index (χ0) is 20.8. The normalized spacial score (nSPS) is 10.7. The van der Waals surface area contributed by atoms with Gasteiger partial charge in [-0.05, 0) is 31.5 Å². The van der Waals surface area contributed by atoms with Gasteiger partial charge in [-0.15, -0.1) is 11.3 Å². The summed E-state index contributed by atoms with van der Waals surface area (Å²) < 4.78 is 5.99. The first-order chi connectivity index (χ1) is 14.0. The molecule has 3 aromatic rings. The van der Waals surface area contributed by atoms with E-state index in [2.05, 4.69) is 10.3 Å². The van der Waals surface area contributed by atoms with Crippen LogP contribution in [0.25, 0.3) is 10.2 Å². The number of aromatic nitrogens is 1. The lowest BCUT2D eigenvalue weighted by Crippen LogP contribution is -2.25. The molecule has 8 nitrogen and oxygen atoms in total. The fourth-order valence-corrected chi connectivity index (χ4v) is 3.76. The zero-order valence-electron chi connectivity index (χ0n) is 15.7. The van der Waals surface area contributed by atoms with Gasteiger partial charge in [0.05, 0.1) is 32.3 Å². The van der Waals surface area contributed by atoms with Gasteiger partial charge in [-0.25, -0.2) is 9.78 Å². The van der Waals surface area contributed by atoms with Gasteiger partial charge in [0.1, 0.15) is 0 Å². The summed E-state index contributed by atoms with van der Waals surface area (Å²) in [7, 11) is 0. The minimum atomic E-state index is -0.707. The third kappa shape index (κ3) is 5.14. The molecular formula is C20H19N3O5S. The topological polar surface area (TPSA) is 111 Å². The molecule has 0 spiro atoms. The van der Waals surface area contributed by atoms with E-state index in [1.807, 2.05) is 24.3 Å². The minimum absolute atomic E-state index is 0.0272. The van der Waals surface area contributed by atoms with Crippen LogP contribution in [0, 0.1) is 10.1 Å². The van der Waals surface area contributed by atoms with Crippen LogP contribution in [0.1, 0.15) is 39.1 Å². The maximum atomic E-state index is 12.4. The monoisotopic (exact) mass is 413 g/mol. The number of amides is 1. The Hall–Kier alpha value is -3.33. The van der Waals surface area contributed by atoms with Crippen molar-refractivity contribution in [1.82, 2.24) is 10.3 Å². The molecule has 0 saturated carbocycles. The summed E-state index contributed by atoms with van der Waals surface area (Å²) in [5.74, 6) is -1.19. The molecule has 0 unspecified atom stereocenters. The van der Waals surface area contributed by atoms with Crippen LogP contribution in [0.4, 0.5) is 5.69 Å². The van der Waals surface area contributed by atoms with Crippen LogP contribution in [0.3, 0.4) is 0 Å². The summed E-state index contributed by atoms with van der Waals surface area (Å²) in [6.07, 6.45) is 1.38. The number of thiazole rings is 1. The lowest BCUT2D eigenvalue weighted by molar-refractivity contribution is -0.384. The smallest absolute Gasteiger partial charge is 0.338 e. The predicted octanol–water partition coefficient (Wildman–Crippen LogP) is 3.74. The Kier molecular flexibility index (Phi) is 6.50. The molecule has 0 radical (unpaired) electrons. The second-order valence-corrected chi connectivity index (χ2v) is 7.30. The van der Waals surface area contributed by atoms with Gasteiger partial charge in [-0.2, -0.15) is 0 Å². The number of hydrogen-bond donors (Lipinski definition) is 1. The number of para-hydroxylation sites is 1. The molecule has 1 amide bonds. The number of aryl methyl sites for hydroxylation is 1. The van der Waals surface area contributed by atoms with Gasteiger partial charge in [0.25, 0.3) is 11.6 Å². The number of ether oxygens (including phenoxy) is 1. The molecule has 29 heavy (non-hydrogen) atoms. The molecule has 0 aliphatic carbocycles. The summed E-state index contributed by atoms with van der Waals surface area (Å²) in [5, 5.41) is 14.8. The second kappa shape index (κ2) is 9.24. The van der Waals surface area contributed by atoms with E-state index in [9.17, 15) is 19.7 Å². The van der Waals surface area contributed by atoms with Gasteiger partial charge >= 0.3 is 5.97 Å². The van der Waals surface area contributed by atoms with Crippen LogP contribution in [0.5, 0.6) is 0 Å². The lowest BCUT2D eigenvalue weighted by Gasteiger charge is -2.07. The van der Waals surface area contributed by atoms with Crippen LogP contribution in [0.2, 0.25) is 0 Å². The fraction of sp³-hybridized carbons (Fsp3) is 0.250. The number of nitro benzene ring substituents is 1. The molecule has 9 heteroatoms. The SMILES string of the molecule is CCOC(=O)c1cc(C(=O)NCCCc2nc3ccccc3s2)cc([N+](=O)[O-])c1. The van der Waals surface area contributed by atoms with Gasteiger partial charge in [0.2, 0.25) is 0 Å². The van der Waals surface area contributed by atoms with Crippen molar-refractivity contribution in [2.24, 2.45) is 0 Å². The molecule has 2 aromatic carbocycles. The van der Waals surface area contributed by atoms with Crippen LogP contribution in [-0.4, -0.2) is 34.9 Å². The van der Waals surface area contributed by atoms with Crippen molar-refractivity contribution in [2.75, 3.05) is 13.2 Å². The number of benzene rings is 2. The molecule has 0 saturated heterocycles. The third-order valence-electron chi connectivity index (χ3n) is 4.09. The first-order valence-corrected chi connectivity index (χ1v) is 9.89. The Morgan fingerprint density at radius 1 is 1.21 bits per heavy atom. The zero-order valence-corrected chi connectivity index (χ0v) is 16.5. The van der Waals surface area contributed by atoms with Crippen LogP contribution >= 0.6 is 11.3 Å². The number of hydrogen-bond acceptors (Lipinski definition) is 7. The Morgan fingerprint density at radius 3 is 2.69 bits per heavy atom. The highest BCUT2D eigenvalue weighted by Crippen LogP contribution is 2.22. The first-order valence-electron chi connectivity index (χ1n) is 9.07. The first kappa shape index (κ1) is 20.4. The Bertz CT molecular complexity index is 1030. The van der Waals surface area contributed by atoms with Crippen molar-refractivity contribution in [3.8, 4) is 0 Å². The molecule has 0 bridgehead atoms. The summed E-state index contributed by atoms with van der Waals surface area (Å²) in [6, 6.07) is 11.4. The van der Waals surface area contributed by atoms with Gasteiger partial charge in [-0.1, -0.05) is 12.1 Å². The molecule has 0 aliphatic rings. The van der Waals surface area contributed by atoms with E-state index < -0.39 is 16.8 Å². The number of nitro groups is 1. The Balaban J connectivity index is 1.61. The van der Waals surface area contributed by atoms with E-state index in [4.69, 9.17) is 4.74 Å². The fourth-order valence-electron chi connectivity index (χ4n) is 2.75. The number of non-ortho nitro benzene ring substituents is 1. The van der Waals surface area contributed by atoms with Crippen molar-refractivity contribution in [3.63, 3.8) is 0 Å². The molecular weight excluding hydrogens is 394 g/mol. The van der Waals surface area contributed by atoms with Crippen molar-refractivity contribution in [3.05, 3.63) is 68.7 Å². The highest BCUT2D eigenvalue weighted by Gasteiger charge is 2.18. The van der Waals surface area contributed by atoms with Gasteiger partial charge in [0.15, 0.2) is 0 Å². The van der Waals surface area contributed by atoms with E-state index >= 15 is 0 Å². The Morgan fingerprint density at radius 2 is 1.97 bits per heavy atom. The van der Waals surface area contributed by atoms with E-state index in [1.54, 1.807) is 18.3 Å². The molecule has 150 valence electrons. The third-order valence-corrected chi connectivity index (χ3v) is 5.19. The average molecular weight is 413 g/mol. The van der Waals surface area contributed by atoms with Gasteiger partial charge in [0, 0.05) is 30.7 Å². The number of esters is 1. The molecule has 1 heterocycles. The number of rotatable bonds is 8. The molecule has 1 N–H and O–H groups in total. The highest BCUT2D eigenvalue weighted by atomic mass is 32.1. The highest BCUT2D eigenvalue weighted by molar-refractivity contribution is 7.18. The van der Waals surface area contributed by atoms with Crippen molar-refractivity contribution in [1.29, 1.82) is 0 Å². The number of nitrogens with one attached hydrogen (secondary N) is 1. The van der Waals surface area contributed by atoms with Crippen LogP contribution < -0.4 is 5.32 Å². The second-order valence-electron chi connectivity index (χ2n) is 6.18. The van der Waals surface area contributed by atoms with Crippen LogP contribution in [-0.2, 0) is 11.2 Å². The number of nitrogens with zero attached hydrogens (tertiary/aromatic N) is 2. The molecule has 0 aliphatic heterocycles. The predicted molar refractivity (Wildman–Crippen MR) is 109 cm³/mol. The van der Waals surface area contributed by atoms with Crippen molar-refractivity contribution in [2.45, 2.75) is 19.8 Å². The van der Waals surface area contributed by atoms with Gasteiger partial charge in [-0.3, -0.25) is 14.9 Å². The van der Waals surface area contributed by atoms with E-state index in [1.165, 1.54) is 6.07 Å².